The lowest BCUT2D eigenvalue weighted by molar-refractivity contribution is 0.102. The van der Waals surface area contributed by atoms with Crippen LogP contribution < -0.4 is 11.1 Å². The molecule has 1 aromatic heterocycles. The van der Waals surface area contributed by atoms with Crippen molar-refractivity contribution in [2.24, 2.45) is 0 Å². The number of rotatable bonds is 2. The van der Waals surface area contributed by atoms with Gasteiger partial charge in [-0.05, 0) is 35.9 Å². The van der Waals surface area contributed by atoms with Crippen molar-refractivity contribution in [3.05, 3.63) is 46.3 Å². The zero-order valence-corrected chi connectivity index (χ0v) is 10.0. The molecule has 0 spiro atoms. The van der Waals surface area contributed by atoms with E-state index in [1.165, 1.54) is 12.3 Å². The first-order chi connectivity index (χ1) is 8.08. The lowest BCUT2D eigenvalue weighted by Crippen LogP contribution is -2.11. The first-order valence-corrected chi connectivity index (χ1v) is 5.43. The molecule has 0 unspecified atom stereocenters. The fourth-order valence-electron chi connectivity index (χ4n) is 1.26. The van der Waals surface area contributed by atoms with Gasteiger partial charge < -0.3 is 15.5 Å². The van der Waals surface area contributed by atoms with E-state index in [2.05, 4.69) is 5.32 Å². The van der Waals surface area contributed by atoms with E-state index in [0.29, 0.717) is 16.4 Å². The maximum Gasteiger partial charge on any atom is 0.260 e. The Kier molecular flexibility index (Phi) is 3.26. The predicted molar refractivity (Wildman–Crippen MR) is 67.5 cm³/mol. The SMILES string of the molecule is Nc1ccc(NC(=O)c2ccoc2Cl)cc1Cl. The third-order valence-corrected chi connectivity index (χ3v) is 2.74. The van der Waals surface area contributed by atoms with Crippen molar-refractivity contribution in [3.63, 3.8) is 0 Å². The van der Waals surface area contributed by atoms with E-state index < -0.39 is 0 Å². The molecule has 2 rings (SSSR count). The number of anilines is 2. The summed E-state index contributed by atoms with van der Waals surface area (Å²) in [5, 5.41) is 3.05. The number of amides is 1. The quantitative estimate of drug-likeness (QED) is 0.822. The third-order valence-electron chi connectivity index (χ3n) is 2.12. The van der Waals surface area contributed by atoms with Crippen molar-refractivity contribution in [3.8, 4) is 0 Å². The van der Waals surface area contributed by atoms with E-state index >= 15 is 0 Å². The number of carbonyl (C=O) groups is 1. The van der Waals surface area contributed by atoms with Crippen molar-refractivity contribution in [2.75, 3.05) is 11.1 Å². The van der Waals surface area contributed by atoms with Crippen LogP contribution in [0.1, 0.15) is 10.4 Å². The highest BCUT2D eigenvalue weighted by Crippen LogP contribution is 2.24. The molecule has 0 aliphatic carbocycles. The summed E-state index contributed by atoms with van der Waals surface area (Å²) in [5.41, 5.74) is 6.80. The Balaban J connectivity index is 2.19. The van der Waals surface area contributed by atoms with Crippen molar-refractivity contribution >= 4 is 40.5 Å². The Morgan fingerprint density at radius 1 is 1.29 bits per heavy atom. The number of benzene rings is 1. The number of carbonyl (C=O) groups excluding carboxylic acids is 1. The smallest absolute Gasteiger partial charge is 0.260 e. The summed E-state index contributed by atoms with van der Waals surface area (Å²) < 4.78 is 4.82. The molecule has 0 saturated carbocycles. The molecule has 0 aliphatic rings. The minimum absolute atomic E-state index is 0.0454. The molecule has 2 aromatic rings. The van der Waals surface area contributed by atoms with Gasteiger partial charge in [-0.2, -0.15) is 0 Å². The van der Waals surface area contributed by atoms with Crippen LogP contribution in [0.15, 0.2) is 34.9 Å². The summed E-state index contributed by atoms with van der Waals surface area (Å²) in [7, 11) is 0. The van der Waals surface area contributed by atoms with E-state index in [9.17, 15) is 4.79 Å². The van der Waals surface area contributed by atoms with Gasteiger partial charge in [0.25, 0.3) is 5.91 Å². The second-order valence-electron chi connectivity index (χ2n) is 3.30. The molecule has 3 N–H and O–H groups in total. The van der Waals surface area contributed by atoms with Gasteiger partial charge in [-0.1, -0.05) is 11.6 Å². The second kappa shape index (κ2) is 4.69. The number of hydrogen-bond donors (Lipinski definition) is 2. The zero-order chi connectivity index (χ0) is 12.4. The highest BCUT2D eigenvalue weighted by molar-refractivity contribution is 6.34. The molecule has 0 fully saturated rings. The summed E-state index contributed by atoms with van der Waals surface area (Å²) in [4.78, 5) is 11.8. The lowest BCUT2D eigenvalue weighted by atomic mass is 10.2. The van der Waals surface area contributed by atoms with Gasteiger partial charge in [0.05, 0.1) is 22.5 Å². The van der Waals surface area contributed by atoms with E-state index in [1.807, 2.05) is 0 Å². The number of nitrogens with two attached hydrogens (primary N) is 1. The largest absolute Gasteiger partial charge is 0.452 e. The molecule has 0 saturated heterocycles. The fraction of sp³-hybridized carbons (Fsp3) is 0. The Morgan fingerprint density at radius 2 is 2.06 bits per heavy atom. The van der Waals surface area contributed by atoms with Crippen LogP contribution in [-0.4, -0.2) is 5.91 Å². The standard InChI is InChI=1S/C11H8Cl2N2O2/c12-8-5-6(1-2-9(8)14)15-11(16)7-3-4-17-10(7)13/h1-5H,14H2,(H,15,16). The molecule has 17 heavy (non-hydrogen) atoms. The second-order valence-corrected chi connectivity index (χ2v) is 4.05. The molecular weight excluding hydrogens is 263 g/mol. The van der Waals surface area contributed by atoms with E-state index in [0.717, 1.165) is 0 Å². The highest BCUT2D eigenvalue weighted by Gasteiger charge is 2.13. The zero-order valence-electron chi connectivity index (χ0n) is 8.54. The van der Waals surface area contributed by atoms with Crippen LogP contribution in [0.5, 0.6) is 0 Å². The normalized spacial score (nSPS) is 10.2. The molecule has 6 heteroatoms. The van der Waals surface area contributed by atoms with Crippen LogP contribution in [0.25, 0.3) is 0 Å². The highest BCUT2D eigenvalue weighted by atomic mass is 35.5. The van der Waals surface area contributed by atoms with E-state index in [4.69, 9.17) is 33.4 Å². The van der Waals surface area contributed by atoms with Crippen molar-refractivity contribution < 1.29 is 9.21 Å². The van der Waals surface area contributed by atoms with Gasteiger partial charge in [0, 0.05) is 5.69 Å². The molecule has 88 valence electrons. The topological polar surface area (TPSA) is 68.3 Å². The van der Waals surface area contributed by atoms with Gasteiger partial charge in [-0.3, -0.25) is 4.79 Å². The molecular formula is C11H8Cl2N2O2. The van der Waals surface area contributed by atoms with E-state index in [1.54, 1.807) is 18.2 Å². The maximum atomic E-state index is 11.8. The summed E-state index contributed by atoms with van der Waals surface area (Å²) in [6, 6.07) is 6.29. The minimum Gasteiger partial charge on any atom is -0.452 e. The van der Waals surface area contributed by atoms with Crippen LogP contribution in [-0.2, 0) is 0 Å². The lowest BCUT2D eigenvalue weighted by Gasteiger charge is -2.05. The number of hydrogen-bond acceptors (Lipinski definition) is 3. The average Bonchev–Trinajstić information content (AvgIpc) is 2.70. The van der Waals surface area contributed by atoms with E-state index in [-0.39, 0.29) is 16.7 Å². The predicted octanol–water partition coefficient (Wildman–Crippen LogP) is 3.42. The molecule has 1 amide bonds. The van der Waals surface area contributed by atoms with Crippen LogP contribution in [0.4, 0.5) is 11.4 Å². The molecule has 4 nitrogen and oxygen atoms in total. The summed E-state index contributed by atoms with van der Waals surface area (Å²) in [5.74, 6) is -0.371. The van der Waals surface area contributed by atoms with Gasteiger partial charge in [0.1, 0.15) is 0 Å². The van der Waals surface area contributed by atoms with Crippen molar-refractivity contribution in [1.82, 2.24) is 0 Å². The minimum atomic E-state index is -0.371. The molecule has 1 aromatic carbocycles. The van der Waals surface area contributed by atoms with Crippen LogP contribution in [0.2, 0.25) is 10.2 Å². The number of nitrogens with one attached hydrogen (secondary N) is 1. The van der Waals surface area contributed by atoms with Gasteiger partial charge in [0.15, 0.2) is 0 Å². The third kappa shape index (κ3) is 2.54. The van der Waals surface area contributed by atoms with Crippen molar-refractivity contribution in [2.45, 2.75) is 0 Å². The first kappa shape index (κ1) is 11.8. The number of nitrogen functional groups attached to an aromatic ring is 1. The van der Waals surface area contributed by atoms with Gasteiger partial charge in [0.2, 0.25) is 5.22 Å². The Bertz CT molecular complexity index is 566. The summed E-state index contributed by atoms with van der Waals surface area (Å²) in [6.45, 7) is 0. The summed E-state index contributed by atoms with van der Waals surface area (Å²) >= 11 is 11.5. The van der Waals surface area contributed by atoms with Crippen molar-refractivity contribution in [1.29, 1.82) is 0 Å². The molecule has 0 bridgehead atoms. The molecule has 0 aliphatic heterocycles. The molecule has 1 heterocycles. The first-order valence-electron chi connectivity index (χ1n) is 4.67. The van der Waals surface area contributed by atoms with Crippen LogP contribution in [0, 0.1) is 0 Å². The Hall–Kier alpha value is -1.65. The maximum absolute atomic E-state index is 11.8. The fourth-order valence-corrected chi connectivity index (χ4v) is 1.64. The molecule has 0 atom stereocenters. The number of furan rings is 1. The van der Waals surface area contributed by atoms with Gasteiger partial charge in [-0.15, -0.1) is 0 Å². The number of halogens is 2. The Morgan fingerprint density at radius 3 is 2.65 bits per heavy atom. The molecule has 0 radical (unpaired) electrons. The van der Waals surface area contributed by atoms with Crippen LogP contribution in [0.3, 0.4) is 0 Å². The average molecular weight is 271 g/mol. The van der Waals surface area contributed by atoms with Crippen LogP contribution >= 0.6 is 23.2 Å². The monoisotopic (exact) mass is 270 g/mol. The summed E-state index contributed by atoms with van der Waals surface area (Å²) in [6.07, 6.45) is 1.34. The Labute approximate surface area is 107 Å². The van der Waals surface area contributed by atoms with Gasteiger partial charge in [-0.25, -0.2) is 0 Å². The van der Waals surface area contributed by atoms with Gasteiger partial charge >= 0.3 is 0 Å².